The molecule has 0 aliphatic heterocycles. The standard InChI is InChI=1S/C40H24O2/c1-3-13-25(14-4-1)35-27-17-7-9-19-29(27)36(30-20-10-8-18-28(30)35)39-38-34(42-40(39)26-15-5-2-6-16-26)24-23-33-37(38)31-21-11-12-22-32(31)41-33/h1-24H/i7D,8D,9D,10D,17D,18D,19D,20D. The fourth-order valence-corrected chi connectivity index (χ4v) is 6.21. The second-order valence-electron chi connectivity index (χ2n) is 10.2. The zero-order chi connectivity index (χ0) is 34.6. The largest absolute Gasteiger partial charge is 0.456 e. The molecule has 0 aliphatic rings. The summed E-state index contributed by atoms with van der Waals surface area (Å²) in [4.78, 5) is 0. The third kappa shape index (κ3) is 3.27. The van der Waals surface area contributed by atoms with Gasteiger partial charge < -0.3 is 8.83 Å². The first-order valence-electron chi connectivity index (χ1n) is 17.6. The van der Waals surface area contributed by atoms with Gasteiger partial charge in [-0.25, -0.2) is 0 Å². The molecule has 0 saturated heterocycles. The van der Waals surface area contributed by atoms with Gasteiger partial charge in [0.2, 0.25) is 0 Å². The van der Waals surface area contributed by atoms with Crippen LogP contribution in [0.3, 0.4) is 0 Å². The second-order valence-corrected chi connectivity index (χ2v) is 10.2. The molecule has 42 heavy (non-hydrogen) atoms. The highest BCUT2D eigenvalue weighted by Gasteiger charge is 2.26. The number of furan rings is 2. The Kier molecular flexibility index (Phi) is 3.54. The lowest BCUT2D eigenvalue weighted by atomic mass is 9.84. The SMILES string of the molecule is [2H]c1c([2H])c([2H])c2c(-c3c(-c4ccccc4)oc4ccc5oc6ccccc6c5c34)c3c([2H])c([2H])c([2H])c([2H])c3c(-c3ccccc3)c2c1[2H]. The zero-order valence-electron chi connectivity index (χ0n) is 30.1. The summed E-state index contributed by atoms with van der Waals surface area (Å²) in [5.74, 6) is 0.383. The van der Waals surface area contributed by atoms with Gasteiger partial charge in [0.1, 0.15) is 22.5 Å². The quantitative estimate of drug-likeness (QED) is 0.207. The van der Waals surface area contributed by atoms with Crippen molar-refractivity contribution in [3.05, 3.63) is 145 Å². The predicted octanol–water partition coefficient (Wildman–Crippen LogP) is 11.6. The van der Waals surface area contributed by atoms with Crippen LogP contribution in [-0.4, -0.2) is 0 Å². The van der Waals surface area contributed by atoms with E-state index in [-0.39, 0.29) is 51.3 Å². The molecule has 0 fully saturated rings. The summed E-state index contributed by atoms with van der Waals surface area (Å²) in [7, 11) is 0. The molecule has 2 aromatic heterocycles. The molecule has 0 radical (unpaired) electrons. The predicted molar refractivity (Wildman–Crippen MR) is 175 cm³/mol. The molecule has 0 spiro atoms. The van der Waals surface area contributed by atoms with Gasteiger partial charge in [0.25, 0.3) is 0 Å². The maximum absolute atomic E-state index is 9.44. The lowest BCUT2D eigenvalue weighted by Gasteiger charge is -2.18. The molecule has 0 N–H and O–H groups in total. The molecular formula is C40H24O2. The van der Waals surface area contributed by atoms with Crippen molar-refractivity contribution < 1.29 is 19.8 Å². The molecule has 196 valence electrons. The molecule has 0 unspecified atom stereocenters. The van der Waals surface area contributed by atoms with Crippen molar-refractivity contribution in [1.82, 2.24) is 0 Å². The number of para-hydroxylation sites is 1. The molecule has 7 aromatic carbocycles. The molecule has 0 amide bonds. The van der Waals surface area contributed by atoms with Crippen LogP contribution in [0, 0.1) is 0 Å². The zero-order valence-corrected chi connectivity index (χ0v) is 22.1. The van der Waals surface area contributed by atoms with Crippen molar-refractivity contribution in [2.24, 2.45) is 0 Å². The molecule has 9 rings (SSSR count). The molecule has 2 heterocycles. The summed E-state index contributed by atoms with van der Waals surface area (Å²) in [5.41, 5.74) is 3.87. The monoisotopic (exact) mass is 544 g/mol. The van der Waals surface area contributed by atoms with E-state index in [2.05, 4.69) is 0 Å². The van der Waals surface area contributed by atoms with Gasteiger partial charge in [-0.3, -0.25) is 0 Å². The molecule has 9 aromatic rings. The fourth-order valence-electron chi connectivity index (χ4n) is 6.21. The highest BCUT2D eigenvalue weighted by atomic mass is 16.3. The van der Waals surface area contributed by atoms with E-state index in [0.717, 1.165) is 5.39 Å². The van der Waals surface area contributed by atoms with E-state index in [0.29, 0.717) is 55.5 Å². The Morgan fingerprint density at radius 1 is 0.381 bits per heavy atom. The summed E-state index contributed by atoms with van der Waals surface area (Å²) >= 11 is 0. The van der Waals surface area contributed by atoms with E-state index in [1.165, 1.54) is 0 Å². The lowest BCUT2D eigenvalue weighted by Crippen LogP contribution is -1.91. The molecule has 2 nitrogen and oxygen atoms in total. The van der Waals surface area contributed by atoms with Crippen molar-refractivity contribution in [2.45, 2.75) is 0 Å². The Balaban J connectivity index is 1.67. The summed E-state index contributed by atoms with van der Waals surface area (Å²) < 4.78 is 85.7. The van der Waals surface area contributed by atoms with Gasteiger partial charge in [-0.15, -0.1) is 0 Å². The summed E-state index contributed by atoms with van der Waals surface area (Å²) in [6.45, 7) is 0. The second kappa shape index (κ2) is 8.95. The topological polar surface area (TPSA) is 26.3 Å². The molecule has 0 atom stereocenters. The number of fused-ring (bicyclic) bond motifs is 7. The van der Waals surface area contributed by atoms with Crippen molar-refractivity contribution in [2.75, 3.05) is 0 Å². The van der Waals surface area contributed by atoms with Crippen molar-refractivity contribution in [1.29, 1.82) is 0 Å². The minimum atomic E-state index is -0.462. The van der Waals surface area contributed by atoms with E-state index in [4.69, 9.17) is 14.3 Å². The average molecular weight is 545 g/mol. The first-order chi connectivity index (χ1) is 24.2. The number of rotatable bonds is 3. The third-order valence-corrected chi connectivity index (χ3v) is 7.92. The summed E-state index contributed by atoms with van der Waals surface area (Å²) in [6, 6.07) is 26.4. The Bertz CT molecular complexity index is 2810. The van der Waals surface area contributed by atoms with Crippen LogP contribution in [0.4, 0.5) is 0 Å². The van der Waals surface area contributed by atoms with Crippen LogP contribution >= 0.6 is 0 Å². The molecule has 2 heteroatoms. The Morgan fingerprint density at radius 3 is 1.55 bits per heavy atom. The average Bonchev–Trinajstić information content (AvgIpc) is 3.72. The minimum Gasteiger partial charge on any atom is -0.456 e. The number of benzene rings is 7. The van der Waals surface area contributed by atoms with Gasteiger partial charge in [0.15, 0.2) is 0 Å². The van der Waals surface area contributed by atoms with Crippen LogP contribution in [0.2, 0.25) is 0 Å². The highest BCUT2D eigenvalue weighted by Crippen LogP contribution is 2.51. The van der Waals surface area contributed by atoms with E-state index in [1.807, 2.05) is 66.7 Å². The molecular weight excluding hydrogens is 512 g/mol. The normalized spacial score (nSPS) is 14.5. The smallest absolute Gasteiger partial charge is 0.143 e. The Morgan fingerprint density at radius 2 is 0.905 bits per heavy atom. The van der Waals surface area contributed by atoms with Gasteiger partial charge in [0.05, 0.1) is 11.0 Å². The maximum atomic E-state index is 9.44. The van der Waals surface area contributed by atoms with Crippen LogP contribution in [-0.2, 0) is 0 Å². The van der Waals surface area contributed by atoms with E-state index in [9.17, 15) is 5.48 Å². The van der Waals surface area contributed by atoms with Crippen LogP contribution in [0.25, 0.3) is 88.0 Å². The third-order valence-electron chi connectivity index (χ3n) is 7.92. The van der Waals surface area contributed by atoms with E-state index >= 15 is 0 Å². The van der Waals surface area contributed by atoms with Gasteiger partial charge >= 0.3 is 0 Å². The Hall–Kier alpha value is -5.60. The van der Waals surface area contributed by atoms with Crippen LogP contribution < -0.4 is 0 Å². The van der Waals surface area contributed by atoms with E-state index in [1.54, 1.807) is 30.3 Å². The summed E-state index contributed by atoms with van der Waals surface area (Å²) in [6.07, 6.45) is 0. The first kappa shape index (κ1) is 16.6. The van der Waals surface area contributed by atoms with E-state index < -0.39 is 24.2 Å². The maximum Gasteiger partial charge on any atom is 0.143 e. The fraction of sp³-hybridized carbons (Fsp3) is 0. The van der Waals surface area contributed by atoms with Crippen LogP contribution in [0.1, 0.15) is 11.0 Å². The van der Waals surface area contributed by atoms with Crippen LogP contribution in [0.5, 0.6) is 0 Å². The van der Waals surface area contributed by atoms with Crippen molar-refractivity contribution in [3.8, 4) is 33.6 Å². The van der Waals surface area contributed by atoms with Gasteiger partial charge in [-0.2, -0.15) is 0 Å². The summed E-state index contributed by atoms with van der Waals surface area (Å²) in [5, 5.41) is 2.65. The highest BCUT2D eigenvalue weighted by molar-refractivity contribution is 6.30. The van der Waals surface area contributed by atoms with Gasteiger partial charge in [0, 0.05) is 32.8 Å². The van der Waals surface area contributed by atoms with Gasteiger partial charge in [-0.1, -0.05) is 127 Å². The van der Waals surface area contributed by atoms with Gasteiger partial charge in [-0.05, 0) is 50.9 Å². The molecule has 0 saturated carbocycles. The first-order valence-corrected chi connectivity index (χ1v) is 13.6. The minimum absolute atomic E-state index is 0.122. The van der Waals surface area contributed by atoms with Crippen molar-refractivity contribution in [3.63, 3.8) is 0 Å². The number of hydrogen-bond donors (Lipinski definition) is 0. The lowest BCUT2D eigenvalue weighted by molar-refractivity contribution is 0.632. The number of hydrogen-bond acceptors (Lipinski definition) is 2. The van der Waals surface area contributed by atoms with Crippen LogP contribution in [0.15, 0.2) is 154 Å². The molecule has 0 aliphatic carbocycles. The van der Waals surface area contributed by atoms with Crippen molar-refractivity contribution >= 4 is 54.5 Å². The Labute approximate surface area is 253 Å². The molecule has 0 bridgehead atoms.